The fourth-order valence-corrected chi connectivity index (χ4v) is 2.88. The van der Waals surface area contributed by atoms with Gasteiger partial charge in [-0.3, -0.25) is 24.2 Å². The zero-order chi connectivity index (χ0) is 20.1. The summed E-state index contributed by atoms with van der Waals surface area (Å²) < 4.78 is 1.51. The van der Waals surface area contributed by atoms with Crippen molar-refractivity contribution in [3.8, 4) is 11.4 Å². The lowest BCUT2D eigenvalue weighted by Gasteiger charge is -2.22. The van der Waals surface area contributed by atoms with Crippen LogP contribution in [0.1, 0.15) is 15.9 Å². The highest BCUT2D eigenvalue weighted by molar-refractivity contribution is 6.00. The van der Waals surface area contributed by atoms with Crippen molar-refractivity contribution in [2.75, 3.05) is 0 Å². The molecule has 0 aliphatic rings. The predicted molar refractivity (Wildman–Crippen MR) is 101 cm³/mol. The maximum absolute atomic E-state index is 12.9. The molecule has 144 valence electrons. The molecule has 28 heavy (non-hydrogen) atoms. The number of aromatic nitrogens is 4. The third-order valence-electron chi connectivity index (χ3n) is 4.28. The Morgan fingerprint density at radius 2 is 1.96 bits per heavy atom. The van der Waals surface area contributed by atoms with Crippen LogP contribution < -0.4 is 11.1 Å². The lowest BCUT2D eigenvalue weighted by atomic mass is 10.00. The second-order valence-electron chi connectivity index (χ2n) is 6.24. The number of nitrogens with zero attached hydrogens (tertiary/aromatic N) is 4. The predicted octanol–water partition coefficient (Wildman–Crippen LogP) is 0.0644. The standard InChI is InChI=1S/C19H20N6O3/c1-25-16(15-11-21-7-8-22-15)13(10-23-25)19(28)24-14(17(26)18(20)27)9-12-5-3-2-4-6-12/h2-8,10-11,14,17,26H,9H2,1H3,(H2,20,27)(H,24,28). The zero-order valence-corrected chi connectivity index (χ0v) is 15.2. The van der Waals surface area contributed by atoms with Crippen molar-refractivity contribution >= 4 is 11.8 Å². The Balaban J connectivity index is 1.88. The topological polar surface area (TPSA) is 136 Å². The summed E-state index contributed by atoms with van der Waals surface area (Å²) in [5, 5.41) is 17.0. The first-order chi connectivity index (χ1) is 13.5. The molecule has 9 heteroatoms. The van der Waals surface area contributed by atoms with E-state index in [4.69, 9.17) is 5.73 Å². The number of benzene rings is 1. The Labute approximate surface area is 161 Å². The number of aliphatic hydroxyl groups excluding tert-OH is 1. The molecular weight excluding hydrogens is 360 g/mol. The number of primary amides is 1. The Morgan fingerprint density at radius 1 is 1.21 bits per heavy atom. The van der Waals surface area contributed by atoms with Crippen molar-refractivity contribution in [3.63, 3.8) is 0 Å². The molecule has 0 fully saturated rings. The van der Waals surface area contributed by atoms with Crippen LogP contribution in [0.2, 0.25) is 0 Å². The fourth-order valence-electron chi connectivity index (χ4n) is 2.88. The first-order valence-corrected chi connectivity index (χ1v) is 8.58. The van der Waals surface area contributed by atoms with Gasteiger partial charge in [0.2, 0.25) is 5.91 Å². The molecule has 0 bridgehead atoms. The lowest BCUT2D eigenvalue weighted by Crippen LogP contribution is -2.50. The van der Waals surface area contributed by atoms with E-state index in [0.29, 0.717) is 11.4 Å². The number of hydrogen-bond acceptors (Lipinski definition) is 6. The average molecular weight is 380 g/mol. The number of aryl methyl sites for hydroxylation is 1. The van der Waals surface area contributed by atoms with Crippen molar-refractivity contribution in [3.05, 3.63) is 66.2 Å². The molecule has 2 unspecified atom stereocenters. The molecule has 0 radical (unpaired) electrons. The van der Waals surface area contributed by atoms with E-state index in [9.17, 15) is 14.7 Å². The maximum Gasteiger partial charge on any atom is 0.255 e. The number of carbonyl (C=O) groups is 2. The van der Waals surface area contributed by atoms with Crippen LogP contribution in [0.4, 0.5) is 0 Å². The maximum atomic E-state index is 12.9. The molecule has 2 atom stereocenters. The van der Waals surface area contributed by atoms with Gasteiger partial charge in [0.1, 0.15) is 11.4 Å². The molecule has 0 spiro atoms. The quantitative estimate of drug-likeness (QED) is 0.530. The van der Waals surface area contributed by atoms with Gasteiger partial charge in [-0.2, -0.15) is 5.10 Å². The molecule has 2 aromatic heterocycles. The number of amides is 2. The molecule has 0 aliphatic heterocycles. The monoisotopic (exact) mass is 380 g/mol. The first kappa shape index (κ1) is 19.2. The van der Waals surface area contributed by atoms with Gasteiger partial charge in [0.25, 0.3) is 5.91 Å². The largest absolute Gasteiger partial charge is 0.381 e. The van der Waals surface area contributed by atoms with Crippen LogP contribution in [-0.4, -0.2) is 48.8 Å². The SMILES string of the molecule is Cn1ncc(C(=O)NC(Cc2ccccc2)C(O)C(N)=O)c1-c1cnccn1. The third kappa shape index (κ3) is 4.21. The van der Waals surface area contributed by atoms with Crippen molar-refractivity contribution in [1.82, 2.24) is 25.1 Å². The van der Waals surface area contributed by atoms with E-state index in [2.05, 4.69) is 20.4 Å². The number of carbonyl (C=O) groups excluding carboxylic acids is 2. The fraction of sp³-hybridized carbons (Fsp3) is 0.211. The van der Waals surface area contributed by atoms with Gasteiger partial charge in [-0.05, 0) is 12.0 Å². The average Bonchev–Trinajstić information content (AvgIpc) is 3.09. The van der Waals surface area contributed by atoms with Gasteiger partial charge in [-0.1, -0.05) is 30.3 Å². The van der Waals surface area contributed by atoms with Crippen molar-refractivity contribution in [1.29, 1.82) is 0 Å². The minimum atomic E-state index is -1.54. The second kappa shape index (κ2) is 8.40. The van der Waals surface area contributed by atoms with Gasteiger partial charge in [0, 0.05) is 19.4 Å². The van der Waals surface area contributed by atoms with E-state index >= 15 is 0 Å². The lowest BCUT2D eigenvalue weighted by molar-refractivity contribution is -0.127. The van der Waals surface area contributed by atoms with Crippen LogP contribution in [0.5, 0.6) is 0 Å². The molecule has 0 saturated carbocycles. The minimum Gasteiger partial charge on any atom is -0.381 e. The summed E-state index contributed by atoms with van der Waals surface area (Å²) in [7, 11) is 1.68. The van der Waals surface area contributed by atoms with Gasteiger partial charge in [-0.25, -0.2) is 0 Å². The van der Waals surface area contributed by atoms with E-state index < -0.39 is 24.0 Å². The summed E-state index contributed by atoms with van der Waals surface area (Å²) in [4.78, 5) is 32.7. The summed E-state index contributed by atoms with van der Waals surface area (Å²) in [6.07, 6.45) is 4.65. The van der Waals surface area contributed by atoms with Crippen LogP contribution >= 0.6 is 0 Å². The van der Waals surface area contributed by atoms with E-state index in [-0.39, 0.29) is 12.0 Å². The smallest absolute Gasteiger partial charge is 0.255 e. The van der Waals surface area contributed by atoms with Crippen LogP contribution in [0.25, 0.3) is 11.4 Å². The second-order valence-corrected chi connectivity index (χ2v) is 6.24. The van der Waals surface area contributed by atoms with Crippen molar-refractivity contribution in [2.45, 2.75) is 18.6 Å². The summed E-state index contributed by atoms with van der Waals surface area (Å²) in [5.74, 6) is -1.42. The van der Waals surface area contributed by atoms with Crippen LogP contribution in [0.3, 0.4) is 0 Å². The number of rotatable bonds is 7. The summed E-state index contributed by atoms with van der Waals surface area (Å²) in [6.45, 7) is 0. The van der Waals surface area contributed by atoms with Gasteiger partial charge in [-0.15, -0.1) is 0 Å². The molecule has 9 nitrogen and oxygen atoms in total. The number of nitrogens with one attached hydrogen (secondary N) is 1. The number of nitrogens with two attached hydrogens (primary N) is 1. The Morgan fingerprint density at radius 3 is 2.61 bits per heavy atom. The first-order valence-electron chi connectivity index (χ1n) is 8.58. The minimum absolute atomic E-state index is 0.234. The van der Waals surface area contributed by atoms with Crippen LogP contribution in [-0.2, 0) is 18.3 Å². The molecule has 3 aromatic rings. The molecule has 1 aromatic carbocycles. The van der Waals surface area contributed by atoms with Gasteiger partial charge >= 0.3 is 0 Å². The zero-order valence-electron chi connectivity index (χ0n) is 15.2. The van der Waals surface area contributed by atoms with Gasteiger partial charge < -0.3 is 16.2 Å². The summed E-state index contributed by atoms with van der Waals surface area (Å²) >= 11 is 0. The Bertz CT molecular complexity index is 958. The summed E-state index contributed by atoms with van der Waals surface area (Å²) in [5.41, 5.74) is 7.29. The van der Waals surface area contributed by atoms with Crippen LogP contribution in [0, 0.1) is 0 Å². The molecule has 0 aliphatic carbocycles. The van der Waals surface area contributed by atoms with Gasteiger partial charge in [0.15, 0.2) is 6.10 Å². The van der Waals surface area contributed by atoms with E-state index in [1.807, 2.05) is 30.3 Å². The highest BCUT2D eigenvalue weighted by Gasteiger charge is 2.28. The highest BCUT2D eigenvalue weighted by atomic mass is 16.3. The highest BCUT2D eigenvalue weighted by Crippen LogP contribution is 2.20. The van der Waals surface area contributed by atoms with E-state index in [0.717, 1.165) is 5.56 Å². The van der Waals surface area contributed by atoms with E-state index in [1.165, 1.54) is 29.5 Å². The van der Waals surface area contributed by atoms with Gasteiger partial charge in [0.05, 0.1) is 24.0 Å². The summed E-state index contributed by atoms with van der Waals surface area (Å²) in [6, 6.07) is 8.28. The van der Waals surface area contributed by atoms with Crippen LogP contribution in [0.15, 0.2) is 55.1 Å². The number of aliphatic hydroxyl groups is 1. The molecule has 3 rings (SSSR count). The Hall–Kier alpha value is -3.59. The van der Waals surface area contributed by atoms with Crippen molar-refractivity contribution < 1.29 is 14.7 Å². The third-order valence-corrected chi connectivity index (χ3v) is 4.28. The number of hydrogen-bond donors (Lipinski definition) is 3. The molecular formula is C19H20N6O3. The van der Waals surface area contributed by atoms with Crippen molar-refractivity contribution in [2.24, 2.45) is 12.8 Å². The molecule has 0 saturated heterocycles. The molecule has 4 N–H and O–H groups in total. The molecule has 2 heterocycles. The molecule has 2 amide bonds. The Kier molecular flexibility index (Phi) is 5.75. The van der Waals surface area contributed by atoms with E-state index in [1.54, 1.807) is 7.05 Å². The normalized spacial score (nSPS) is 12.9.